The summed E-state index contributed by atoms with van der Waals surface area (Å²) in [6.45, 7) is 4.27. The maximum atomic E-state index is 12.4. The summed E-state index contributed by atoms with van der Waals surface area (Å²) >= 11 is 0. The van der Waals surface area contributed by atoms with E-state index >= 15 is 0 Å². The zero-order chi connectivity index (χ0) is 15.9. The number of aryl methyl sites for hydroxylation is 1. The second-order valence-electron chi connectivity index (χ2n) is 5.29. The number of benzene rings is 1. The lowest BCUT2D eigenvalue weighted by molar-refractivity contribution is -0.385. The van der Waals surface area contributed by atoms with Crippen molar-refractivity contribution in [3.63, 3.8) is 0 Å². The van der Waals surface area contributed by atoms with Crippen LogP contribution in [0.1, 0.15) is 33.6 Å². The molecule has 0 N–H and O–H groups in total. The molecule has 1 amide bonds. The first-order valence-electron chi connectivity index (χ1n) is 6.81. The van der Waals surface area contributed by atoms with E-state index in [4.69, 9.17) is 4.52 Å². The summed E-state index contributed by atoms with van der Waals surface area (Å²) < 4.78 is 5.09. The van der Waals surface area contributed by atoms with Crippen LogP contribution < -0.4 is 0 Å². The van der Waals surface area contributed by atoms with Crippen LogP contribution in [0.3, 0.4) is 0 Å². The number of carbonyl (C=O) groups excluding carboxylic acids is 1. The third kappa shape index (κ3) is 2.32. The molecule has 1 aliphatic heterocycles. The van der Waals surface area contributed by atoms with Crippen molar-refractivity contribution in [3.05, 3.63) is 51.2 Å². The Balaban J connectivity index is 1.74. The molecule has 0 aliphatic carbocycles. The quantitative estimate of drug-likeness (QED) is 0.633. The molecule has 8 nitrogen and oxygen atoms in total. The molecule has 1 aliphatic rings. The van der Waals surface area contributed by atoms with Gasteiger partial charge in [0.05, 0.1) is 10.8 Å². The van der Waals surface area contributed by atoms with E-state index < -0.39 is 4.92 Å². The maximum Gasteiger partial charge on any atom is 0.273 e. The van der Waals surface area contributed by atoms with Crippen molar-refractivity contribution in [2.75, 3.05) is 13.1 Å². The van der Waals surface area contributed by atoms with Gasteiger partial charge in [-0.15, -0.1) is 0 Å². The van der Waals surface area contributed by atoms with Crippen LogP contribution in [-0.4, -0.2) is 39.0 Å². The van der Waals surface area contributed by atoms with E-state index in [1.165, 1.54) is 12.1 Å². The van der Waals surface area contributed by atoms with Crippen molar-refractivity contribution >= 4 is 11.6 Å². The van der Waals surface area contributed by atoms with Crippen LogP contribution in [0.4, 0.5) is 5.69 Å². The number of nitro benzene ring substituents is 1. The molecule has 1 saturated heterocycles. The standard InChI is InChI=1S/C14H14N4O4/c1-8-11(4-3-5-12(8)18(20)21)14(19)17-6-10(7-17)13-15-9(2)16-22-13/h3-5,10H,6-7H2,1-2H3. The van der Waals surface area contributed by atoms with Crippen molar-refractivity contribution in [1.29, 1.82) is 0 Å². The van der Waals surface area contributed by atoms with Gasteiger partial charge in [-0.05, 0) is 19.9 Å². The zero-order valence-electron chi connectivity index (χ0n) is 12.1. The normalized spacial score (nSPS) is 14.7. The van der Waals surface area contributed by atoms with Gasteiger partial charge < -0.3 is 9.42 Å². The maximum absolute atomic E-state index is 12.4. The van der Waals surface area contributed by atoms with Gasteiger partial charge in [-0.25, -0.2) is 0 Å². The van der Waals surface area contributed by atoms with Crippen LogP contribution in [0.5, 0.6) is 0 Å². The number of carbonyl (C=O) groups is 1. The molecular weight excluding hydrogens is 288 g/mol. The molecule has 2 aromatic rings. The summed E-state index contributed by atoms with van der Waals surface area (Å²) in [5.74, 6) is 0.907. The van der Waals surface area contributed by atoms with E-state index in [1.54, 1.807) is 24.8 Å². The van der Waals surface area contributed by atoms with E-state index in [9.17, 15) is 14.9 Å². The molecule has 0 bridgehead atoms. The number of aromatic nitrogens is 2. The molecule has 0 atom stereocenters. The van der Waals surface area contributed by atoms with Crippen LogP contribution >= 0.6 is 0 Å². The molecule has 22 heavy (non-hydrogen) atoms. The van der Waals surface area contributed by atoms with Gasteiger partial charge in [-0.2, -0.15) is 4.98 Å². The summed E-state index contributed by atoms with van der Waals surface area (Å²) in [5, 5.41) is 14.7. The first kappa shape index (κ1) is 14.2. The Kier molecular flexibility index (Phi) is 3.36. The fourth-order valence-corrected chi connectivity index (χ4v) is 2.50. The Morgan fingerprint density at radius 3 is 2.73 bits per heavy atom. The highest BCUT2D eigenvalue weighted by Gasteiger charge is 2.36. The first-order chi connectivity index (χ1) is 10.5. The first-order valence-corrected chi connectivity index (χ1v) is 6.81. The zero-order valence-corrected chi connectivity index (χ0v) is 12.1. The number of hydrogen-bond acceptors (Lipinski definition) is 6. The summed E-state index contributed by atoms with van der Waals surface area (Å²) in [4.78, 5) is 28.7. The van der Waals surface area contributed by atoms with Crippen molar-refractivity contribution in [3.8, 4) is 0 Å². The van der Waals surface area contributed by atoms with Crippen molar-refractivity contribution in [2.45, 2.75) is 19.8 Å². The van der Waals surface area contributed by atoms with Gasteiger partial charge >= 0.3 is 0 Å². The molecule has 3 rings (SSSR count). The largest absolute Gasteiger partial charge is 0.339 e. The van der Waals surface area contributed by atoms with E-state index in [0.29, 0.717) is 35.9 Å². The molecule has 0 radical (unpaired) electrons. The van der Waals surface area contributed by atoms with E-state index in [1.807, 2.05) is 0 Å². The van der Waals surface area contributed by atoms with Crippen molar-refractivity contribution in [1.82, 2.24) is 15.0 Å². The van der Waals surface area contributed by atoms with Crippen molar-refractivity contribution in [2.24, 2.45) is 0 Å². The smallest absolute Gasteiger partial charge is 0.273 e. The van der Waals surface area contributed by atoms with Crippen LogP contribution in [0, 0.1) is 24.0 Å². The second kappa shape index (κ2) is 5.21. The lowest BCUT2D eigenvalue weighted by Crippen LogP contribution is -2.48. The number of likely N-dealkylation sites (tertiary alicyclic amines) is 1. The van der Waals surface area contributed by atoms with E-state index in [-0.39, 0.29) is 17.5 Å². The highest BCUT2D eigenvalue weighted by Crippen LogP contribution is 2.29. The third-order valence-corrected chi connectivity index (χ3v) is 3.79. The minimum absolute atomic E-state index is 0.0316. The second-order valence-corrected chi connectivity index (χ2v) is 5.29. The molecule has 114 valence electrons. The lowest BCUT2D eigenvalue weighted by Gasteiger charge is -2.37. The number of nitrogens with zero attached hydrogens (tertiary/aromatic N) is 4. The Hall–Kier alpha value is -2.77. The predicted octanol–water partition coefficient (Wildman–Crippen LogP) is 1.83. The van der Waals surface area contributed by atoms with Crippen LogP contribution in [-0.2, 0) is 0 Å². The Bertz CT molecular complexity index is 749. The Morgan fingerprint density at radius 1 is 1.41 bits per heavy atom. The monoisotopic (exact) mass is 302 g/mol. The topological polar surface area (TPSA) is 102 Å². The fourth-order valence-electron chi connectivity index (χ4n) is 2.50. The fraction of sp³-hybridized carbons (Fsp3) is 0.357. The SMILES string of the molecule is Cc1noc(C2CN(C(=O)c3cccc([N+](=O)[O-])c3C)C2)n1. The molecule has 1 fully saturated rings. The minimum atomic E-state index is -0.480. The predicted molar refractivity (Wildman–Crippen MR) is 75.5 cm³/mol. The van der Waals surface area contributed by atoms with Gasteiger partial charge in [0.25, 0.3) is 11.6 Å². The summed E-state index contributed by atoms with van der Waals surface area (Å²) in [6.07, 6.45) is 0. The van der Waals surface area contributed by atoms with Gasteiger partial charge in [0, 0.05) is 30.3 Å². The van der Waals surface area contributed by atoms with Crippen molar-refractivity contribution < 1.29 is 14.2 Å². The highest BCUT2D eigenvalue weighted by molar-refractivity contribution is 5.97. The third-order valence-electron chi connectivity index (χ3n) is 3.79. The van der Waals surface area contributed by atoms with Crippen LogP contribution in [0.15, 0.2) is 22.7 Å². The average Bonchev–Trinajstić information content (AvgIpc) is 2.83. The summed E-state index contributed by atoms with van der Waals surface area (Å²) in [7, 11) is 0. The van der Waals surface area contributed by atoms with E-state index in [2.05, 4.69) is 10.1 Å². The van der Waals surface area contributed by atoms with Gasteiger partial charge in [-0.1, -0.05) is 11.2 Å². The molecule has 0 spiro atoms. The van der Waals surface area contributed by atoms with Crippen LogP contribution in [0.25, 0.3) is 0 Å². The Morgan fingerprint density at radius 2 is 2.14 bits per heavy atom. The molecule has 1 aromatic carbocycles. The van der Waals surface area contributed by atoms with Crippen LogP contribution in [0.2, 0.25) is 0 Å². The molecule has 1 aromatic heterocycles. The molecule has 0 unspecified atom stereocenters. The van der Waals surface area contributed by atoms with Gasteiger partial charge in [0.1, 0.15) is 0 Å². The van der Waals surface area contributed by atoms with Gasteiger partial charge in [0.15, 0.2) is 5.82 Å². The van der Waals surface area contributed by atoms with Gasteiger partial charge in [-0.3, -0.25) is 14.9 Å². The molecular formula is C14H14N4O4. The van der Waals surface area contributed by atoms with E-state index in [0.717, 1.165) is 0 Å². The number of rotatable bonds is 3. The highest BCUT2D eigenvalue weighted by atomic mass is 16.6. The number of hydrogen-bond donors (Lipinski definition) is 0. The minimum Gasteiger partial charge on any atom is -0.339 e. The number of nitro groups is 1. The lowest BCUT2D eigenvalue weighted by atomic mass is 9.97. The van der Waals surface area contributed by atoms with Gasteiger partial charge in [0.2, 0.25) is 5.89 Å². The summed E-state index contributed by atoms with van der Waals surface area (Å²) in [6, 6.07) is 4.53. The molecule has 2 heterocycles. The summed E-state index contributed by atoms with van der Waals surface area (Å²) in [5.41, 5.74) is 0.694. The Labute approximate surface area is 125 Å². The number of amides is 1. The molecule has 8 heteroatoms. The molecule has 0 saturated carbocycles. The average molecular weight is 302 g/mol.